The van der Waals surface area contributed by atoms with Crippen LogP contribution in [0.25, 0.3) is 11.1 Å². The minimum atomic E-state index is -0.634. The molecule has 1 saturated heterocycles. The maximum Gasteiger partial charge on any atom is 0.179 e. The third-order valence-electron chi connectivity index (χ3n) is 14.6. The summed E-state index contributed by atoms with van der Waals surface area (Å²) in [5.41, 5.74) is 17.8. The van der Waals surface area contributed by atoms with Crippen molar-refractivity contribution in [2.24, 2.45) is 11.3 Å². The molecule has 4 aliphatic carbocycles. The summed E-state index contributed by atoms with van der Waals surface area (Å²) in [6.07, 6.45) is 18.9. The first-order chi connectivity index (χ1) is 29.6. The van der Waals surface area contributed by atoms with Gasteiger partial charge in [0.2, 0.25) is 0 Å². The minimum Gasteiger partial charge on any atom is -0.485 e. The zero-order valence-electron chi connectivity index (χ0n) is 35.6. The van der Waals surface area contributed by atoms with E-state index in [0.717, 1.165) is 54.1 Å². The SMILES string of the molecule is CC(C)(C)C1=CC2OC3=CCCC=C3C(=O)C2C(N2c3ccccc3C3(c4ccccc4-c4ccccc43)c3cc4c(cc32)C(C)(C)c2ccccc2N4C2=CC=CCC2)=C1. The van der Waals surface area contributed by atoms with E-state index in [2.05, 4.69) is 196 Å². The molecule has 0 N–H and O–H groups in total. The molecule has 4 nitrogen and oxygen atoms in total. The van der Waals surface area contributed by atoms with E-state index in [1.54, 1.807) is 0 Å². The number of nitrogens with zero attached hydrogens (tertiary/aromatic N) is 2. The molecule has 0 amide bonds. The number of Topliss-reactive ketones (excluding diaryl/α,β-unsaturated/α-hetero) is 1. The van der Waals surface area contributed by atoms with Crippen molar-refractivity contribution in [2.45, 2.75) is 77.2 Å². The lowest BCUT2D eigenvalue weighted by molar-refractivity contribution is -0.123. The lowest BCUT2D eigenvalue weighted by atomic mass is 9.63. The van der Waals surface area contributed by atoms with Gasteiger partial charge in [0, 0.05) is 22.5 Å². The van der Waals surface area contributed by atoms with Crippen LogP contribution in [-0.4, -0.2) is 11.9 Å². The van der Waals surface area contributed by atoms with E-state index >= 15 is 4.79 Å². The Morgan fingerprint density at radius 2 is 1.26 bits per heavy atom. The summed E-state index contributed by atoms with van der Waals surface area (Å²) in [4.78, 5) is 20.2. The van der Waals surface area contributed by atoms with Crippen LogP contribution in [0.4, 0.5) is 22.7 Å². The van der Waals surface area contributed by atoms with Gasteiger partial charge in [0.05, 0.1) is 28.1 Å². The molecule has 5 aromatic rings. The number of carbonyl (C=O) groups is 1. The largest absolute Gasteiger partial charge is 0.485 e. The summed E-state index contributed by atoms with van der Waals surface area (Å²) in [7, 11) is 0. The van der Waals surface area contributed by atoms with Gasteiger partial charge in [-0.1, -0.05) is 138 Å². The highest BCUT2D eigenvalue weighted by Crippen LogP contribution is 2.66. The van der Waals surface area contributed by atoms with Crippen LogP contribution in [0.15, 0.2) is 180 Å². The molecule has 3 aliphatic heterocycles. The Kier molecular flexibility index (Phi) is 7.66. The molecule has 5 aromatic carbocycles. The molecule has 1 spiro atoms. The highest BCUT2D eigenvalue weighted by Gasteiger charge is 2.55. The average Bonchev–Trinajstić information content (AvgIpc) is 3.57. The summed E-state index contributed by atoms with van der Waals surface area (Å²) in [5.74, 6) is 0.359. The first-order valence-corrected chi connectivity index (χ1v) is 22.2. The van der Waals surface area contributed by atoms with Gasteiger partial charge in [0.15, 0.2) is 5.78 Å². The molecular formula is C57H50N2O2. The standard InChI is InChI=1S/C57H50N2O2/c1-55(2,3)35-31-50(53-52(32-35)61-51-30-18-11-23-39(51)54(53)60)59-47-29-17-15-27-43(47)57(40-24-12-9-21-37(40)38-22-10-13-25-41(38)57)45-34-48-44(33-49(45)59)56(4,5)42-26-14-16-28-46(42)58(48)36-19-7-6-8-20-36/h6-7,9-10,12-17,19,21-34,52-53H,8,11,18,20H2,1-5H3. The van der Waals surface area contributed by atoms with Crippen molar-refractivity contribution in [3.05, 3.63) is 213 Å². The highest BCUT2D eigenvalue weighted by atomic mass is 16.5. The monoisotopic (exact) mass is 794 g/mol. The molecule has 2 unspecified atom stereocenters. The predicted octanol–water partition coefficient (Wildman–Crippen LogP) is 13.6. The Labute approximate surface area is 359 Å². The second-order valence-electron chi connectivity index (χ2n) is 19.3. The van der Waals surface area contributed by atoms with E-state index in [0.29, 0.717) is 0 Å². The summed E-state index contributed by atoms with van der Waals surface area (Å²) in [6.45, 7) is 11.6. The number of rotatable bonds is 2. The van der Waals surface area contributed by atoms with Gasteiger partial charge in [-0.05, 0) is 130 Å². The molecule has 61 heavy (non-hydrogen) atoms. The Balaban J connectivity index is 1.22. The first-order valence-electron chi connectivity index (χ1n) is 22.2. The second-order valence-corrected chi connectivity index (χ2v) is 19.3. The summed E-state index contributed by atoms with van der Waals surface area (Å²) in [5, 5.41) is 0. The van der Waals surface area contributed by atoms with Crippen molar-refractivity contribution >= 4 is 28.5 Å². The van der Waals surface area contributed by atoms with Crippen molar-refractivity contribution in [3.8, 4) is 11.1 Å². The average molecular weight is 795 g/mol. The molecule has 3 heterocycles. The van der Waals surface area contributed by atoms with E-state index in [1.165, 1.54) is 67.2 Å². The zero-order valence-corrected chi connectivity index (χ0v) is 35.6. The van der Waals surface area contributed by atoms with Crippen molar-refractivity contribution in [3.63, 3.8) is 0 Å². The van der Waals surface area contributed by atoms with Crippen molar-refractivity contribution in [2.75, 3.05) is 9.80 Å². The van der Waals surface area contributed by atoms with E-state index in [1.807, 2.05) is 0 Å². The molecule has 0 radical (unpaired) electrons. The van der Waals surface area contributed by atoms with Gasteiger partial charge in [-0.3, -0.25) is 4.79 Å². The maximum absolute atomic E-state index is 15.2. The van der Waals surface area contributed by atoms with Crippen LogP contribution in [0.5, 0.6) is 0 Å². The number of fused-ring (bicyclic) bond motifs is 13. The summed E-state index contributed by atoms with van der Waals surface area (Å²) in [6, 6.07) is 41.2. The van der Waals surface area contributed by atoms with E-state index in [9.17, 15) is 0 Å². The van der Waals surface area contributed by atoms with Crippen LogP contribution in [0.2, 0.25) is 0 Å². The second kappa shape index (κ2) is 12.8. The van der Waals surface area contributed by atoms with Crippen LogP contribution < -0.4 is 9.80 Å². The van der Waals surface area contributed by atoms with Gasteiger partial charge in [0.25, 0.3) is 0 Å². The summed E-state index contributed by atoms with van der Waals surface area (Å²) < 4.78 is 6.93. The van der Waals surface area contributed by atoms with Crippen LogP contribution in [0, 0.1) is 11.3 Å². The fourth-order valence-corrected chi connectivity index (χ4v) is 11.8. The van der Waals surface area contributed by atoms with E-state index in [-0.39, 0.29) is 16.6 Å². The smallest absolute Gasteiger partial charge is 0.179 e. The topological polar surface area (TPSA) is 32.8 Å². The Hall–Kier alpha value is -6.39. The van der Waals surface area contributed by atoms with Crippen LogP contribution >= 0.6 is 0 Å². The Morgan fingerprint density at radius 1 is 0.656 bits per heavy atom. The molecule has 300 valence electrons. The molecule has 12 rings (SSSR count). The third-order valence-corrected chi connectivity index (χ3v) is 14.6. The number of ether oxygens (including phenoxy) is 1. The number of allylic oxidation sites excluding steroid dienone is 9. The number of benzene rings is 5. The number of hydrogen-bond acceptors (Lipinski definition) is 4. The Bertz CT molecular complexity index is 2910. The van der Waals surface area contributed by atoms with Crippen molar-refractivity contribution < 1.29 is 9.53 Å². The molecule has 1 fully saturated rings. The van der Waals surface area contributed by atoms with Gasteiger partial charge in [-0.15, -0.1) is 0 Å². The van der Waals surface area contributed by atoms with Gasteiger partial charge >= 0.3 is 0 Å². The minimum absolute atomic E-state index is 0.143. The zero-order chi connectivity index (χ0) is 41.4. The van der Waals surface area contributed by atoms with Crippen LogP contribution in [0.1, 0.15) is 93.7 Å². The number of para-hydroxylation sites is 2. The van der Waals surface area contributed by atoms with Gasteiger partial charge < -0.3 is 14.5 Å². The fourth-order valence-electron chi connectivity index (χ4n) is 11.8. The summed E-state index contributed by atoms with van der Waals surface area (Å²) >= 11 is 0. The number of anilines is 4. The number of carbonyl (C=O) groups excluding carboxylic acids is 1. The fraction of sp³-hybridized carbons (Fsp3) is 0.246. The van der Waals surface area contributed by atoms with E-state index in [4.69, 9.17) is 4.74 Å². The molecule has 0 aromatic heterocycles. The van der Waals surface area contributed by atoms with Crippen LogP contribution in [0.3, 0.4) is 0 Å². The molecule has 0 saturated carbocycles. The maximum atomic E-state index is 15.2. The Morgan fingerprint density at radius 3 is 1.95 bits per heavy atom. The lowest BCUT2D eigenvalue weighted by Gasteiger charge is -2.50. The number of hydrogen-bond donors (Lipinski definition) is 0. The quantitative estimate of drug-likeness (QED) is 0.175. The predicted molar refractivity (Wildman–Crippen MR) is 247 cm³/mol. The normalized spacial score (nSPS) is 22.0. The molecular weight excluding hydrogens is 745 g/mol. The molecule has 7 aliphatic rings. The van der Waals surface area contributed by atoms with Crippen molar-refractivity contribution in [1.82, 2.24) is 0 Å². The first kappa shape index (κ1) is 36.5. The molecule has 0 bridgehead atoms. The van der Waals surface area contributed by atoms with Crippen molar-refractivity contribution in [1.29, 1.82) is 0 Å². The van der Waals surface area contributed by atoms with E-state index < -0.39 is 17.4 Å². The highest BCUT2D eigenvalue weighted by molar-refractivity contribution is 6.06. The number of ketones is 1. The van der Waals surface area contributed by atoms with Gasteiger partial charge in [0.1, 0.15) is 17.8 Å². The lowest BCUT2D eigenvalue weighted by Crippen LogP contribution is -2.46. The van der Waals surface area contributed by atoms with Gasteiger partial charge in [-0.25, -0.2) is 0 Å². The third kappa shape index (κ3) is 4.91. The molecule has 4 heteroatoms. The van der Waals surface area contributed by atoms with Gasteiger partial charge in [-0.2, -0.15) is 0 Å². The molecule has 2 atom stereocenters. The van der Waals surface area contributed by atoms with Crippen LogP contribution in [-0.2, 0) is 20.4 Å².